The summed E-state index contributed by atoms with van der Waals surface area (Å²) in [7, 11) is -3.80. The molecule has 0 saturated carbocycles. The van der Waals surface area contributed by atoms with Crippen molar-refractivity contribution in [2.75, 3.05) is 22.8 Å². The molecular weight excluding hydrogens is 430 g/mol. The molecule has 0 spiro atoms. The quantitative estimate of drug-likeness (QED) is 0.781. The third kappa shape index (κ3) is 3.92. The van der Waals surface area contributed by atoms with E-state index in [1.165, 1.54) is 6.92 Å². The van der Waals surface area contributed by atoms with Crippen molar-refractivity contribution < 1.29 is 21.6 Å². The second-order valence-electron chi connectivity index (χ2n) is 5.32. The highest BCUT2D eigenvalue weighted by Crippen LogP contribution is 2.40. The molecule has 2 rings (SSSR count). The predicted molar refractivity (Wildman–Crippen MR) is 95.6 cm³/mol. The normalized spacial score (nSPS) is 12.1. The van der Waals surface area contributed by atoms with Gasteiger partial charge in [-0.25, -0.2) is 13.1 Å². The largest absolute Gasteiger partial charge is 0.416 e. The van der Waals surface area contributed by atoms with Crippen LogP contribution < -0.4 is 10.0 Å². The van der Waals surface area contributed by atoms with Crippen molar-refractivity contribution in [2.45, 2.75) is 13.1 Å². The minimum Gasteiger partial charge on any atom is -0.382 e. The molecule has 1 aromatic heterocycles. The van der Waals surface area contributed by atoms with Crippen LogP contribution in [-0.2, 0) is 16.2 Å². The van der Waals surface area contributed by atoms with Crippen molar-refractivity contribution in [3.63, 3.8) is 0 Å². The standard InChI is InChI=1S/C14H12Cl2F3N5O2S/c1-3-23(27(2,25)26)12-10(6-20)22-24(13(12)21)11-8(15)4-7(5-9(11)16)14(17,18)19/h4-5H,3,21H2,1-2H3. The Hall–Kier alpha value is -2.16. The smallest absolute Gasteiger partial charge is 0.382 e. The van der Waals surface area contributed by atoms with Crippen molar-refractivity contribution in [1.29, 1.82) is 5.26 Å². The minimum atomic E-state index is -4.68. The average Bonchev–Trinajstić information content (AvgIpc) is 2.82. The van der Waals surface area contributed by atoms with Crippen LogP contribution in [-0.4, -0.2) is 31.0 Å². The van der Waals surface area contributed by atoms with Gasteiger partial charge in [0.2, 0.25) is 10.0 Å². The maximum absolute atomic E-state index is 12.9. The van der Waals surface area contributed by atoms with Crippen LogP contribution in [0.1, 0.15) is 18.2 Å². The highest BCUT2D eigenvalue weighted by molar-refractivity contribution is 7.92. The zero-order chi connectivity index (χ0) is 20.7. The average molecular weight is 442 g/mol. The van der Waals surface area contributed by atoms with Crippen LogP contribution in [0.25, 0.3) is 5.69 Å². The van der Waals surface area contributed by atoms with Gasteiger partial charge >= 0.3 is 6.18 Å². The summed E-state index contributed by atoms with van der Waals surface area (Å²) in [5.41, 5.74) is 4.09. The first-order chi connectivity index (χ1) is 12.3. The van der Waals surface area contributed by atoms with Gasteiger partial charge in [-0.2, -0.15) is 23.5 Å². The SMILES string of the molecule is CCN(c1c(C#N)nn(-c2c(Cl)cc(C(F)(F)F)cc2Cl)c1N)S(C)(=O)=O. The summed E-state index contributed by atoms with van der Waals surface area (Å²) in [5.74, 6) is -0.317. The van der Waals surface area contributed by atoms with E-state index >= 15 is 0 Å². The van der Waals surface area contributed by atoms with Crippen molar-refractivity contribution in [1.82, 2.24) is 9.78 Å². The lowest BCUT2D eigenvalue weighted by Crippen LogP contribution is -2.30. The number of benzene rings is 1. The summed E-state index contributed by atoms with van der Waals surface area (Å²) in [6.45, 7) is 1.45. The lowest BCUT2D eigenvalue weighted by molar-refractivity contribution is -0.137. The number of hydrogen-bond acceptors (Lipinski definition) is 5. The molecule has 2 aromatic rings. The van der Waals surface area contributed by atoms with Crippen LogP contribution in [0.4, 0.5) is 24.7 Å². The topological polar surface area (TPSA) is 105 Å². The summed E-state index contributed by atoms with van der Waals surface area (Å²) < 4.78 is 64.3. The van der Waals surface area contributed by atoms with Gasteiger partial charge in [-0.1, -0.05) is 23.2 Å². The van der Waals surface area contributed by atoms with E-state index < -0.39 is 31.8 Å². The van der Waals surface area contributed by atoms with E-state index in [2.05, 4.69) is 5.10 Å². The van der Waals surface area contributed by atoms with E-state index in [0.29, 0.717) is 12.1 Å². The molecular formula is C14H12Cl2F3N5O2S. The summed E-state index contributed by atoms with van der Waals surface area (Å²) in [6, 6.07) is 2.96. The molecule has 0 fully saturated rings. The summed E-state index contributed by atoms with van der Waals surface area (Å²) >= 11 is 11.9. The molecule has 0 radical (unpaired) electrons. The molecule has 0 aliphatic rings. The van der Waals surface area contributed by atoms with Crippen LogP contribution in [0.5, 0.6) is 0 Å². The fourth-order valence-electron chi connectivity index (χ4n) is 2.40. The molecule has 0 aliphatic heterocycles. The van der Waals surface area contributed by atoms with Crippen LogP contribution in [0.15, 0.2) is 12.1 Å². The number of rotatable bonds is 4. The molecule has 27 heavy (non-hydrogen) atoms. The Morgan fingerprint density at radius 1 is 1.33 bits per heavy atom. The molecule has 1 heterocycles. The fourth-order valence-corrected chi connectivity index (χ4v) is 4.03. The van der Waals surface area contributed by atoms with Gasteiger partial charge in [0, 0.05) is 6.54 Å². The van der Waals surface area contributed by atoms with Gasteiger partial charge in [0.25, 0.3) is 0 Å². The van der Waals surface area contributed by atoms with Gasteiger partial charge in [-0.3, -0.25) is 4.31 Å². The number of nitrogens with two attached hydrogens (primary N) is 1. The van der Waals surface area contributed by atoms with Gasteiger partial charge in [-0.15, -0.1) is 0 Å². The Bertz CT molecular complexity index is 1020. The van der Waals surface area contributed by atoms with Crippen LogP contribution in [0.2, 0.25) is 10.0 Å². The third-order valence-electron chi connectivity index (χ3n) is 3.49. The van der Waals surface area contributed by atoms with Crippen LogP contribution >= 0.6 is 23.2 Å². The monoisotopic (exact) mass is 441 g/mol. The zero-order valence-corrected chi connectivity index (χ0v) is 16.2. The van der Waals surface area contributed by atoms with Crippen molar-refractivity contribution in [3.05, 3.63) is 33.4 Å². The molecule has 146 valence electrons. The van der Waals surface area contributed by atoms with E-state index in [1.807, 2.05) is 0 Å². The second-order valence-corrected chi connectivity index (χ2v) is 8.04. The fraction of sp³-hybridized carbons (Fsp3) is 0.286. The van der Waals surface area contributed by atoms with Crippen molar-refractivity contribution in [3.8, 4) is 11.8 Å². The number of sulfonamides is 1. The molecule has 1 aromatic carbocycles. The number of halogens is 5. The number of alkyl halides is 3. The maximum atomic E-state index is 12.9. The lowest BCUT2D eigenvalue weighted by Gasteiger charge is -2.20. The van der Waals surface area contributed by atoms with Gasteiger partial charge in [0.15, 0.2) is 11.5 Å². The highest BCUT2D eigenvalue weighted by atomic mass is 35.5. The minimum absolute atomic E-state index is 0.0577. The summed E-state index contributed by atoms with van der Waals surface area (Å²) in [6.07, 6.45) is -3.77. The first-order valence-electron chi connectivity index (χ1n) is 7.15. The number of hydrogen-bond donors (Lipinski definition) is 1. The number of nitriles is 1. The molecule has 0 unspecified atom stereocenters. The molecule has 0 aliphatic carbocycles. The molecule has 7 nitrogen and oxygen atoms in total. The Kier molecular flexibility index (Phi) is 5.56. The Balaban J connectivity index is 2.78. The van der Waals surface area contributed by atoms with E-state index in [9.17, 15) is 26.9 Å². The third-order valence-corrected chi connectivity index (χ3v) is 5.31. The number of nitrogen functional groups attached to an aromatic ring is 1. The summed E-state index contributed by atoms with van der Waals surface area (Å²) in [4.78, 5) is 0. The van der Waals surface area contributed by atoms with Gasteiger partial charge in [0.1, 0.15) is 17.4 Å². The van der Waals surface area contributed by atoms with E-state index in [0.717, 1.165) is 15.2 Å². The number of aromatic nitrogens is 2. The van der Waals surface area contributed by atoms with Crippen LogP contribution in [0, 0.1) is 11.3 Å². The summed E-state index contributed by atoms with van der Waals surface area (Å²) in [5, 5.41) is 12.3. The predicted octanol–water partition coefficient (Wildman–Crippen LogP) is 3.44. The number of nitrogens with zero attached hydrogens (tertiary/aromatic N) is 4. The Labute approximate surface area is 162 Å². The Morgan fingerprint density at radius 3 is 2.22 bits per heavy atom. The lowest BCUT2D eigenvalue weighted by atomic mass is 10.2. The van der Waals surface area contributed by atoms with Crippen molar-refractivity contribution >= 4 is 44.7 Å². The van der Waals surface area contributed by atoms with E-state index in [4.69, 9.17) is 28.9 Å². The van der Waals surface area contributed by atoms with Gasteiger partial charge in [-0.05, 0) is 19.1 Å². The molecule has 0 bridgehead atoms. The molecule has 0 amide bonds. The zero-order valence-electron chi connectivity index (χ0n) is 13.8. The van der Waals surface area contributed by atoms with Gasteiger partial charge in [0.05, 0.1) is 21.9 Å². The maximum Gasteiger partial charge on any atom is 0.416 e. The Morgan fingerprint density at radius 2 is 1.85 bits per heavy atom. The molecule has 0 atom stereocenters. The highest BCUT2D eigenvalue weighted by Gasteiger charge is 2.33. The van der Waals surface area contributed by atoms with E-state index in [-0.39, 0.29) is 29.4 Å². The van der Waals surface area contributed by atoms with Gasteiger partial charge < -0.3 is 5.73 Å². The second kappa shape index (κ2) is 7.10. The van der Waals surface area contributed by atoms with E-state index in [1.54, 1.807) is 6.07 Å². The first kappa shape index (κ1) is 21.1. The molecule has 13 heteroatoms. The molecule has 0 saturated heterocycles. The first-order valence-corrected chi connectivity index (χ1v) is 9.76. The van der Waals surface area contributed by atoms with Crippen molar-refractivity contribution in [2.24, 2.45) is 0 Å². The van der Waals surface area contributed by atoms with Crippen LogP contribution in [0.3, 0.4) is 0 Å². The molecule has 2 N–H and O–H groups in total. The number of anilines is 2.